The molecule has 1 aromatic rings. The van der Waals surface area contributed by atoms with E-state index in [0.717, 1.165) is 30.5 Å². The SMILES string of the molecule is Cn1c(C(=O)N2CCC(N3CCSCC3)CC2)cc(=O)n(C)c1=O. The zero-order valence-electron chi connectivity index (χ0n) is 14.2. The van der Waals surface area contributed by atoms with Gasteiger partial charge >= 0.3 is 5.69 Å². The van der Waals surface area contributed by atoms with Gasteiger partial charge < -0.3 is 4.90 Å². The summed E-state index contributed by atoms with van der Waals surface area (Å²) in [5.41, 5.74) is -0.732. The van der Waals surface area contributed by atoms with Crippen LogP contribution < -0.4 is 11.2 Å². The van der Waals surface area contributed by atoms with Gasteiger partial charge in [-0.15, -0.1) is 0 Å². The second-order valence-corrected chi connectivity index (χ2v) is 7.66. The van der Waals surface area contributed by atoms with Crippen LogP contribution in [0.1, 0.15) is 23.3 Å². The Morgan fingerprint density at radius 3 is 2.29 bits per heavy atom. The summed E-state index contributed by atoms with van der Waals surface area (Å²) in [4.78, 5) is 40.9. The van der Waals surface area contributed by atoms with Crippen LogP contribution in [0.25, 0.3) is 0 Å². The van der Waals surface area contributed by atoms with Crippen molar-refractivity contribution < 1.29 is 4.79 Å². The molecular weight excluding hydrogens is 328 g/mol. The molecule has 0 radical (unpaired) electrons. The van der Waals surface area contributed by atoms with Gasteiger partial charge in [0.05, 0.1) is 0 Å². The highest BCUT2D eigenvalue weighted by molar-refractivity contribution is 7.99. The number of carbonyl (C=O) groups is 1. The highest BCUT2D eigenvalue weighted by Gasteiger charge is 2.29. The lowest BCUT2D eigenvalue weighted by molar-refractivity contribution is 0.0619. The zero-order chi connectivity index (χ0) is 17.3. The van der Waals surface area contributed by atoms with Crippen molar-refractivity contribution in [2.75, 3.05) is 37.7 Å². The van der Waals surface area contributed by atoms with Gasteiger partial charge in [-0.3, -0.25) is 23.6 Å². The van der Waals surface area contributed by atoms with E-state index in [1.165, 1.54) is 36.2 Å². The maximum Gasteiger partial charge on any atom is 0.331 e. The van der Waals surface area contributed by atoms with Gasteiger partial charge in [0.15, 0.2) is 0 Å². The molecule has 0 bridgehead atoms. The summed E-state index contributed by atoms with van der Waals surface area (Å²) < 4.78 is 2.27. The monoisotopic (exact) mass is 352 g/mol. The van der Waals surface area contributed by atoms with Gasteiger partial charge in [0.2, 0.25) is 0 Å². The predicted molar refractivity (Wildman–Crippen MR) is 94.7 cm³/mol. The van der Waals surface area contributed by atoms with Crippen LogP contribution in [-0.4, -0.2) is 68.6 Å². The van der Waals surface area contributed by atoms with Crippen LogP contribution >= 0.6 is 11.8 Å². The first-order valence-electron chi connectivity index (χ1n) is 8.37. The Kier molecular flexibility index (Phi) is 5.15. The van der Waals surface area contributed by atoms with Gasteiger partial charge in [-0.2, -0.15) is 11.8 Å². The smallest absolute Gasteiger partial charge is 0.331 e. The zero-order valence-corrected chi connectivity index (χ0v) is 15.0. The van der Waals surface area contributed by atoms with Crippen LogP contribution in [0.15, 0.2) is 15.7 Å². The van der Waals surface area contributed by atoms with Crippen molar-refractivity contribution in [1.29, 1.82) is 0 Å². The summed E-state index contributed by atoms with van der Waals surface area (Å²) in [6, 6.07) is 1.81. The molecule has 1 aromatic heterocycles. The highest BCUT2D eigenvalue weighted by atomic mass is 32.2. The molecule has 8 heteroatoms. The van der Waals surface area contributed by atoms with E-state index in [2.05, 4.69) is 4.90 Å². The molecule has 0 aromatic carbocycles. The molecule has 0 spiro atoms. The van der Waals surface area contributed by atoms with Crippen LogP contribution in [0.3, 0.4) is 0 Å². The van der Waals surface area contributed by atoms with Gasteiger partial charge in [0, 0.05) is 63.9 Å². The molecule has 24 heavy (non-hydrogen) atoms. The fourth-order valence-electron chi connectivity index (χ4n) is 3.48. The molecule has 0 saturated carbocycles. The van der Waals surface area contributed by atoms with E-state index in [0.29, 0.717) is 19.1 Å². The molecule has 0 aliphatic carbocycles. The third-order valence-corrected chi connectivity index (χ3v) is 6.00. The molecule has 1 amide bonds. The van der Waals surface area contributed by atoms with Gasteiger partial charge in [-0.25, -0.2) is 4.79 Å². The normalized spacial score (nSPS) is 20.3. The molecule has 2 fully saturated rings. The van der Waals surface area contributed by atoms with Crippen molar-refractivity contribution in [3.05, 3.63) is 32.6 Å². The molecule has 0 unspecified atom stereocenters. The number of amides is 1. The number of likely N-dealkylation sites (tertiary alicyclic amines) is 1. The summed E-state index contributed by atoms with van der Waals surface area (Å²) >= 11 is 2.00. The quantitative estimate of drug-likeness (QED) is 0.733. The molecule has 0 N–H and O–H groups in total. The second-order valence-electron chi connectivity index (χ2n) is 6.44. The molecule has 132 valence electrons. The Bertz CT molecular complexity index is 728. The fourth-order valence-corrected chi connectivity index (χ4v) is 4.41. The highest BCUT2D eigenvalue weighted by Crippen LogP contribution is 2.21. The minimum Gasteiger partial charge on any atom is -0.337 e. The third kappa shape index (κ3) is 3.30. The van der Waals surface area contributed by atoms with Crippen molar-refractivity contribution in [2.45, 2.75) is 18.9 Å². The number of hydrogen-bond acceptors (Lipinski definition) is 5. The van der Waals surface area contributed by atoms with E-state index in [4.69, 9.17) is 0 Å². The second kappa shape index (κ2) is 7.14. The third-order valence-electron chi connectivity index (χ3n) is 5.06. The molecule has 2 aliphatic heterocycles. The number of hydrogen-bond donors (Lipinski definition) is 0. The van der Waals surface area contributed by atoms with E-state index in [-0.39, 0.29) is 11.6 Å². The summed E-state index contributed by atoms with van der Waals surface area (Å²) in [6.45, 7) is 3.62. The lowest BCUT2D eigenvalue weighted by Gasteiger charge is -2.40. The van der Waals surface area contributed by atoms with E-state index in [9.17, 15) is 14.4 Å². The first-order chi connectivity index (χ1) is 11.5. The number of carbonyl (C=O) groups excluding carboxylic acids is 1. The Morgan fingerprint density at radius 1 is 1.04 bits per heavy atom. The Labute approximate surface area is 145 Å². The Morgan fingerprint density at radius 2 is 1.67 bits per heavy atom. The summed E-state index contributed by atoms with van der Waals surface area (Å²) in [5.74, 6) is 2.16. The average molecular weight is 352 g/mol. The van der Waals surface area contributed by atoms with Crippen LogP contribution in [0.4, 0.5) is 0 Å². The number of nitrogens with zero attached hydrogens (tertiary/aromatic N) is 4. The van der Waals surface area contributed by atoms with Crippen LogP contribution in [0.5, 0.6) is 0 Å². The summed E-state index contributed by atoms with van der Waals surface area (Å²) in [5, 5.41) is 0. The van der Waals surface area contributed by atoms with E-state index in [1.54, 1.807) is 4.90 Å². The minimum absolute atomic E-state index is 0.177. The molecule has 0 atom stereocenters. The van der Waals surface area contributed by atoms with Crippen molar-refractivity contribution in [3.8, 4) is 0 Å². The average Bonchev–Trinajstić information content (AvgIpc) is 2.63. The van der Waals surface area contributed by atoms with Gasteiger partial charge in [-0.1, -0.05) is 0 Å². The maximum atomic E-state index is 12.7. The molecule has 2 saturated heterocycles. The largest absolute Gasteiger partial charge is 0.337 e. The molecule has 7 nitrogen and oxygen atoms in total. The Hall–Kier alpha value is -1.54. The van der Waals surface area contributed by atoms with Crippen molar-refractivity contribution >= 4 is 17.7 Å². The number of aromatic nitrogens is 2. The van der Waals surface area contributed by atoms with E-state index >= 15 is 0 Å². The number of rotatable bonds is 2. The molecule has 2 aliphatic rings. The van der Waals surface area contributed by atoms with Gasteiger partial charge in [-0.05, 0) is 12.8 Å². The lowest BCUT2D eigenvalue weighted by atomic mass is 10.0. The van der Waals surface area contributed by atoms with Crippen LogP contribution in [0, 0.1) is 0 Å². The molecular formula is C16H24N4O3S. The number of thioether (sulfide) groups is 1. The maximum absolute atomic E-state index is 12.7. The van der Waals surface area contributed by atoms with E-state index < -0.39 is 11.2 Å². The standard InChI is InChI=1S/C16H24N4O3S/c1-17-13(11-14(21)18(2)16(17)23)15(22)20-5-3-12(4-6-20)19-7-9-24-10-8-19/h11-12H,3-10H2,1-2H3. The molecule has 3 rings (SSSR count). The summed E-state index contributed by atoms with van der Waals surface area (Å²) in [7, 11) is 2.95. The van der Waals surface area contributed by atoms with Gasteiger partial charge in [0.1, 0.15) is 5.69 Å². The van der Waals surface area contributed by atoms with Crippen molar-refractivity contribution in [1.82, 2.24) is 18.9 Å². The van der Waals surface area contributed by atoms with Gasteiger partial charge in [0.25, 0.3) is 11.5 Å². The lowest BCUT2D eigenvalue weighted by Crippen LogP contribution is -2.50. The Balaban J connectivity index is 1.69. The van der Waals surface area contributed by atoms with Crippen molar-refractivity contribution in [3.63, 3.8) is 0 Å². The van der Waals surface area contributed by atoms with Crippen molar-refractivity contribution in [2.24, 2.45) is 14.1 Å². The fraction of sp³-hybridized carbons (Fsp3) is 0.688. The topological polar surface area (TPSA) is 67.6 Å². The first-order valence-corrected chi connectivity index (χ1v) is 9.52. The minimum atomic E-state index is -0.466. The van der Waals surface area contributed by atoms with E-state index in [1.807, 2.05) is 11.8 Å². The number of piperidine rings is 1. The predicted octanol–water partition coefficient (Wildman–Crippen LogP) is -0.263. The molecule has 3 heterocycles. The van der Waals surface area contributed by atoms with Crippen LogP contribution in [-0.2, 0) is 14.1 Å². The first kappa shape index (κ1) is 17.3. The summed E-state index contributed by atoms with van der Waals surface area (Å²) in [6.07, 6.45) is 1.91. The van der Waals surface area contributed by atoms with Crippen LogP contribution in [0.2, 0.25) is 0 Å².